The Bertz CT molecular complexity index is 740. The lowest BCUT2D eigenvalue weighted by atomic mass is 10.0. The number of esters is 1. The Morgan fingerprint density at radius 1 is 1.09 bits per heavy atom. The van der Waals surface area contributed by atoms with Crippen LogP contribution in [0.2, 0.25) is 0 Å². The van der Waals surface area contributed by atoms with Crippen molar-refractivity contribution in [3.05, 3.63) is 47.3 Å². The van der Waals surface area contributed by atoms with E-state index in [0.717, 1.165) is 0 Å². The second kappa shape index (κ2) is 7.31. The van der Waals surface area contributed by atoms with Crippen molar-refractivity contribution in [3.63, 3.8) is 0 Å². The number of nitrogens with zero attached hydrogens (tertiary/aromatic N) is 1. The van der Waals surface area contributed by atoms with Crippen LogP contribution in [-0.2, 0) is 4.74 Å². The summed E-state index contributed by atoms with van der Waals surface area (Å²) in [5, 5.41) is 10.0. The van der Waals surface area contributed by atoms with E-state index in [1.807, 2.05) is 0 Å². The van der Waals surface area contributed by atoms with E-state index in [9.17, 15) is 9.90 Å². The Morgan fingerprint density at radius 2 is 1.83 bits per heavy atom. The number of aromatic nitrogens is 1. The third-order valence-electron chi connectivity index (χ3n) is 3.17. The predicted molar refractivity (Wildman–Crippen MR) is 85.7 cm³/mol. The topological polar surface area (TPSA) is 77.9 Å². The molecule has 2 rings (SSSR count). The van der Waals surface area contributed by atoms with Crippen molar-refractivity contribution in [1.82, 2.24) is 4.98 Å². The lowest BCUT2D eigenvalue weighted by molar-refractivity contribution is 0.0597. The number of rotatable bonds is 5. The molecule has 0 bridgehead atoms. The molecule has 0 radical (unpaired) electrons. The van der Waals surface area contributed by atoms with Gasteiger partial charge < -0.3 is 19.3 Å². The van der Waals surface area contributed by atoms with Gasteiger partial charge in [0.1, 0.15) is 22.8 Å². The van der Waals surface area contributed by atoms with Gasteiger partial charge in [-0.15, -0.1) is 0 Å². The molecule has 6 heteroatoms. The predicted octanol–water partition coefficient (Wildman–Crippen LogP) is 2.76. The molecule has 0 aliphatic carbocycles. The number of phenolic OH excluding ortho intramolecular Hbond substituents is 1. The first-order valence-electron chi connectivity index (χ1n) is 6.76. The van der Waals surface area contributed by atoms with Gasteiger partial charge in [0.2, 0.25) is 0 Å². The monoisotopic (exact) mass is 315 g/mol. The van der Waals surface area contributed by atoms with E-state index in [-0.39, 0.29) is 11.3 Å². The summed E-state index contributed by atoms with van der Waals surface area (Å²) in [6.45, 7) is 0. The number of aromatic hydroxyl groups is 1. The van der Waals surface area contributed by atoms with E-state index in [2.05, 4.69) is 4.98 Å². The van der Waals surface area contributed by atoms with E-state index < -0.39 is 5.97 Å². The number of benzene rings is 1. The number of methoxy groups -OCH3 is 3. The summed E-state index contributed by atoms with van der Waals surface area (Å²) in [5.74, 6) is 0.243. The quantitative estimate of drug-likeness (QED) is 0.855. The van der Waals surface area contributed by atoms with E-state index in [1.165, 1.54) is 20.3 Å². The van der Waals surface area contributed by atoms with Crippen LogP contribution in [0.4, 0.5) is 0 Å². The second-order valence-electron chi connectivity index (χ2n) is 4.56. The molecule has 0 fully saturated rings. The standard InChI is InChI=1S/C17H17NO5/c1-21-13-6-7-18-12(9-13)5-4-11-8-14(22-2)10-15(19)16(11)17(20)23-3/h4-10,19H,1-3H3/b5-4+. The van der Waals surface area contributed by atoms with Crippen LogP contribution < -0.4 is 9.47 Å². The average Bonchev–Trinajstić information content (AvgIpc) is 2.58. The van der Waals surface area contributed by atoms with Gasteiger partial charge in [0.25, 0.3) is 0 Å². The molecule has 1 aromatic heterocycles. The SMILES string of the molecule is COC(=O)c1c(O)cc(OC)cc1/C=C/c1cc(OC)ccn1. The number of hydrogen-bond donors (Lipinski definition) is 1. The summed E-state index contributed by atoms with van der Waals surface area (Å²) in [6.07, 6.45) is 4.96. The van der Waals surface area contributed by atoms with Crippen LogP contribution in [-0.4, -0.2) is 37.4 Å². The number of hydrogen-bond acceptors (Lipinski definition) is 6. The molecule has 0 saturated heterocycles. The fourth-order valence-electron chi connectivity index (χ4n) is 2.02. The normalized spacial score (nSPS) is 10.6. The lowest BCUT2D eigenvalue weighted by Crippen LogP contribution is -2.04. The minimum absolute atomic E-state index is 0.0625. The van der Waals surface area contributed by atoms with Crippen LogP contribution in [0, 0.1) is 0 Å². The summed E-state index contributed by atoms with van der Waals surface area (Å²) in [6, 6.07) is 6.46. The molecule has 0 aliphatic heterocycles. The molecule has 0 spiro atoms. The fraction of sp³-hybridized carbons (Fsp3) is 0.176. The summed E-state index contributed by atoms with van der Waals surface area (Å²) < 4.78 is 15.0. The van der Waals surface area contributed by atoms with E-state index in [0.29, 0.717) is 22.8 Å². The third kappa shape index (κ3) is 3.79. The molecule has 0 aliphatic rings. The molecular weight excluding hydrogens is 298 g/mol. The Balaban J connectivity index is 2.46. The maximum Gasteiger partial charge on any atom is 0.342 e. The van der Waals surface area contributed by atoms with Crippen molar-refractivity contribution >= 4 is 18.1 Å². The van der Waals surface area contributed by atoms with Gasteiger partial charge in [-0.1, -0.05) is 6.08 Å². The lowest BCUT2D eigenvalue weighted by Gasteiger charge is -2.09. The molecule has 0 atom stereocenters. The van der Waals surface area contributed by atoms with Crippen molar-refractivity contribution in [2.75, 3.05) is 21.3 Å². The molecule has 1 N–H and O–H groups in total. The number of pyridine rings is 1. The highest BCUT2D eigenvalue weighted by Crippen LogP contribution is 2.30. The summed E-state index contributed by atoms with van der Waals surface area (Å²) in [4.78, 5) is 16.1. The van der Waals surface area contributed by atoms with Crippen LogP contribution in [0.3, 0.4) is 0 Å². The van der Waals surface area contributed by atoms with Crippen LogP contribution in [0.1, 0.15) is 21.6 Å². The van der Waals surface area contributed by atoms with Crippen molar-refractivity contribution in [3.8, 4) is 17.2 Å². The summed E-state index contributed by atoms with van der Waals surface area (Å²) in [5.41, 5.74) is 1.16. The summed E-state index contributed by atoms with van der Waals surface area (Å²) >= 11 is 0. The molecule has 1 aromatic carbocycles. The third-order valence-corrected chi connectivity index (χ3v) is 3.17. The van der Waals surface area contributed by atoms with Crippen molar-refractivity contribution < 1.29 is 24.1 Å². The van der Waals surface area contributed by atoms with Gasteiger partial charge in [-0.25, -0.2) is 4.79 Å². The Morgan fingerprint density at radius 3 is 2.48 bits per heavy atom. The van der Waals surface area contributed by atoms with Crippen LogP contribution in [0.25, 0.3) is 12.2 Å². The van der Waals surface area contributed by atoms with Gasteiger partial charge >= 0.3 is 5.97 Å². The van der Waals surface area contributed by atoms with E-state index in [4.69, 9.17) is 14.2 Å². The Labute approximate surface area is 134 Å². The maximum atomic E-state index is 11.9. The zero-order valence-corrected chi connectivity index (χ0v) is 13.1. The van der Waals surface area contributed by atoms with E-state index in [1.54, 1.807) is 43.7 Å². The first-order valence-corrected chi connectivity index (χ1v) is 6.76. The highest BCUT2D eigenvalue weighted by Gasteiger charge is 2.17. The van der Waals surface area contributed by atoms with Gasteiger partial charge in [0.05, 0.1) is 27.0 Å². The molecule has 0 amide bonds. The van der Waals surface area contributed by atoms with Crippen molar-refractivity contribution in [2.24, 2.45) is 0 Å². The molecule has 6 nitrogen and oxygen atoms in total. The Hall–Kier alpha value is -3.02. The van der Waals surface area contributed by atoms with Gasteiger partial charge in [-0.3, -0.25) is 4.98 Å². The Kier molecular flexibility index (Phi) is 5.19. The molecule has 0 unspecified atom stereocenters. The number of phenols is 1. The second-order valence-corrected chi connectivity index (χ2v) is 4.56. The molecule has 23 heavy (non-hydrogen) atoms. The van der Waals surface area contributed by atoms with Crippen LogP contribution >= 0.6 is 0 Å². The maximum absolute atomic E-state index is 11.9. The largest absolute Gasteiger partial charge is 0.507 e. The molecular formula is C17H17NO5. The minimum atomic E-state index is -0.636. The molecule has 0 saturated carbocycles. The smallest absolute Gasteiger partial charge is 0.342 e. The average molecular weight is 315 g/mol. The van der Waals surface area contributed by atoms with Gasteiger partial charge in [-0.2, -0.15) is 0 Å². The number of carbonyl (C=O) groups excluding carboxylic acids is 1. The number of ether oxygens (including phenoxy) is 3. The van der Waals surface area contributed by atoms with Crippen molar-refractivity contribution in [1.29, 1.82) is 0 Å². The zero-order valence-electron chi connectivity index (χ0n) is 13.1. The highest BCUT2D eigenvalue weighted by molar-refractivity contribution is 5.97. The summed E-state index contributed by atoms with van der Waals surface area (Å²) in [7, 11) is 4.30. The van der Waals surface area contributed by atoms with Gasteiger partial charge in [0.15, 0.2) is 0 Å². The zero-order chi connectivity index (χ0) is 16.8. The highest BCUT2D eigenvalue weighted by atomic mass is 16.5. The van der Waals surface area contributed by atoms with Gasteiger partial charge in [0, 0.05) is 18.3 Å². The molecule has 120 valence electrons. The molecule has 2 aromatic rings. The van der Waals surface area contributed by atoms with Gasteiger partial charge in [-0.05, 0) is 23.8 Å². The first kappa shape index (κ1) is 16.4. The van der Waals surface area contributed by atoms with Crippen LogP contribution in [0.5, 0.6) is 17.2 Å². The number of carbonyl (C=O) groups is 1. The van der Waals surface area contributed by atoms with E-state index >= 15 is 0 Å². The van der Waals surface area contributed by atoms with Crippen molar-refractivity contribution in [2.45, 2.75) is 0 Å². The molecule has 1 heterocycles. The fourth-order valence-corrected chi connectivity index (χ4v) is 2.02. The minimum Gasteiger partial charge on any atom is -0.507 e. The first-order chi connectivity index (χ1) is 11.1. The van der Waals surface area contributed by atoms with Crippen LogP contribution in [0.15, 0.2) is 30.5 Å².